The fourth-order valence-electron chi connectivity index (χ4n) is 2.24. The predicted octanol–water partition coefficient (Wildman–Crippen LogP) is 4.41. The lowest BCUT2D eigenvalue weighted by Gasteiger charge is -1.98. The molecule has 0 bridgehead atoms. The topological polar surface area (TPSA) is 24.7 Å². The van der Waals surface area contributed by atoms with Gasteiger partial charge in [-0.1, -0.05) is 24.3 Å². The number of thiophene rings is 1. The van der Waals surface area contributed by atoms with E-state index < -0.39 is 0 Å². The Morgan fingerprint density at radius 2 is 1.89 bits per heavy atom. The molecule has 4 rings (SSSR count). The number of aliphatic imine (C=N–C) groups is 2. The van der Waals surface area contributed by atoms with Gasteiger partial charge in [-0.25, -0.2) is 4.99 Å². The number of hydrogen-bond acceptors (Lipinski definition) is 3. The molecule has 18 heavy (non-hydrogen) atoms. The number of rotatable bonds is 0. The van der Waals surface area contributed by atoms with Gasteiger partial charge in [-0.2, -0.15) is 4.99 Å². The van der Waals surface area contributed by atoms with Crippen molar-refractivity contribution in [2.24, 2.45) is 9.98 Å². The zero-order valence-corrected chi connectivity index (χ0v) is 10.2. The van der Waals surface area contributed by atoms with Gasteiger partial charge < -0.3 is 0 Å². The molecule has 0 amide bonds. The van der Waals surface area contributed by atoms with Crippen molar-refractivity contribution in [2.75, 3.05) is 0 Å². The third-order valence-electron chi connectivity index (χ3n) is 3.07. The zero-order chi connectivity index (χ0) is 11.9. The summed E-state index contributed by atoms with van der Waals surface area (Å²) >= 11 is 1.74. The van der Waals surface area contributed by atoms with Gasteiger partial charge >= 0.3 is 0 Å². The maximum Gasteiger partial charge on any atom is 0.126 e. The van der Waals surface area contributed by atoms with Crippen molar-refractivity contribution in [2.45, 2.75) is 0 Å². The van der Waals surface area contributed by atoms with E-state index in [9.17, 15) is 0 Å². The first-order valence-corrected chi connectivity index (χ1v) is 6.50. The summed E-state index contributed by atoms with van der Waals surface area (Å²) in [6.07, 6.45) is 3.46. The normalized spacial score (nSPS) is 13.1. The molecule has 2 nitrogen and oxygen atoms in total. The van der Waals surface area contributed by atoms with Crippen molar-refractivity contribution in [3.8, 4) is 0 Å². The van der Waals surface area contributed by atoms with Gasteiger partial charge in [0.1, 0.15) is 6.34 Å². The first kappa shape index (κ1) is 9.77. The van der Waals surface area contributed by atoms with Crippen LogP contribution in [0.1, 0.15) is 4.88 Å². The molecule has 2 heterocycles. The number of nitrogens with zero attached hydrogens (tertiary/aromatic N) is 2. The third-order valence-corrected chi connectivity index (χ3v) is 4.16. The molecule has 0 radical (unpaired) electrons. The van der Waals surface area contributed by atoms with Crippen LogP contribution in [0.25, 0.3) is 26.9 Å². The highest BCUT2D eigenvalue weighted by atomic mass is 32.1. The van der Waals surface area contributed by atoms with E-state index in [0.29, 0.717) is 0 Å². The van der Waals surface area contributed by atoms with E-state index >= 15 is 0 Å². The Balaban J connectivity index is 2.17. The molecule has 0 saturated heterocycles. The van der Waals surface area contributed by atoms with Crippen LogP contribution in [-0.2, 0) is 0 Å². The summed E-state index contributed by atoms with van der Waals surface area (Å²) in [7, 11) is 0. The zero-order valence-electron chi connectivity index (χ0n) is 9.42. The van der Waals surface area contributed by atoms with Crippen molar-refractivity contribution in [1.82, 2.24) is 0 Å². The van der Waals surface area contributed by atoms with E-state index in [-0.39, 0.29) is 0 Å². The molecule has 1 aromatic heterocycles. The molecule has 84 valence electrons. The number of fused-ring (bicyclic) bond motifs is 4. The van der Waals surface area contributed by atoms with Crippen molar-refractivity contribution in [3.05, 3.63) is 41.3 Å². The van der Waals surface area contributed by atoms with E-state index in [0.717, 1.165) is 10.6 Å². The van der Waals surface area contributed by atoms with Crippen LogP contribution < -0.4 is 0 Å². The summed E-state index contributed by atoms with van der Waals surface area (Å²) in [5.41, 5.74) is 1.01. The molecule has 0 atom stereocenters. The van der Waals surface area contributed by atoms with Gasteiger partial charge in [0.25, 0.3) is 0 Å². The molecule has 0 saturated carbocycles. The molecule has 2 aromatic carbocycles. The predicted molar refractivity (Wildman–Crippen MR) is 79.4 cm³/mol. The van der Waals surface area contributed by atoms with Crippen LogP contribution in [0.15, 0.2) is 46.4 Å². The highest BCUT2D eigenvalue weighted by molar-refractivity contribution is 7.20. The Bertz CT molecular complexity index is 865. The van der Waals surface area contributed by atoms with Gasteiger partial charge in [0.05, 0.1) is 10.6 Å². The average molecular weight is 248 g/mol. The molecule has 3 heteroatoms. The Kier molecular flexibility index (Phi) is 1.97. The molecule has 3 aromatic rings. The van der Waals surface area contributed by atoms with Gasteiger partial charge in [-0.05, 0) is 28.8 Å². The van der Waals surface area contributed by atoms with E-state index in [2.05, 4.69) is 52.3 Å². The highest BCUT2D eigenvalue weighted by Crippen LogP contribution is 2.40. The van der Waals surface area contributed by atoms with E-state index in [4.69, 9.17) is 0 Å². The Morgan fingerprint density at radius 1 is 1.06 bits per heavy atom. The lowest BCUT2D eigenvalue weighted by atomic mass is 10.1. The lowest BCUT2D eigenvalue weighted by Crippen LogP contribution is -1.72. The van der Waals surface area contributed by atoms with Crippen LogP contribution in [0.3, 0.4) is 0 Å². The van der Waals surface area contributed by atoms with Crippen molar-refractivity contribution >= 4 is 56.2 Å². The summed E-state index contributed by atoms with van der Waals surface area (Å²) in [6, 6.07) is 12.8. The second-order valence-electron chi connectivity index (χ2n) is 4.16. The van der Waals surface area contributed by atoms with Gasteiger partial charge in [0.2, 0.25) is 0 Å². The molecule has 1 aliphatic heterocycles. The summed E-state index contributed by atoms with van der Waals surface area (Å²) in [4.78, 5) is 9.47. The second kappa shape index (κ2) is 3.64. The van der Waals surface area contributed by atoms with Crippen LogP contribution in [0.4, 0.5) is 5.69 Å². The molecular weight excluding hydrogens is 240 g/mol. The molecule has 0 aliphatic carbocycles. The average Bonchev–Trinajstić information content (AvgIpc) is 2.59. The second-order valence-corrected chi connectivity index (χ2v) is 5.24. The minimum atomic E-state index is 1.01. The SMILES string of the molecule is C1=Cc2sc3cc4ccccc4cc3c2N=CN=1. The van der Waals surface area contributed by atoms with Crippen molar-refractivity contribution < 1.29 is 0 Å². The Labute approximate surface area is 108 Å². The molecule has 0 unspecified atom stereocenters. The van der Waals surface area contributed by atoms with Crippen LogP contribution in [0.5, 0.6) is 0 Å². The molecule has 0 N–H and O–H groups in total. The molecule has 0 fully saturated rings. The van der Waals surface area contributed by atoms with Crippen molar-refractivity contribution in [1.29, 1.82) is 0 Å². The summed E-state index contributed by atoms with van der Waals surface area (Å²) < 4.78 is 1.26. The van der Waals surface area contributed by atoms with Gasteiger partial charge in [-0.3, -0.25) is 0 Å². The van der Waals surface area contributed by atoms with E-state index in [1.165, 1.54) is 20.9 Å². The Hall–Kier alpha value is -2.22. The lowest BCUT2D eigenvalue weighted by molar-refractivity contribution is 1.59. The highest BCUT2D eigenvalue weighted by Gasteiger charge is 2.11. The molecule has 0 spiro atoms. The maximum absolute atomic E-state index is 4.41. The van der Waals surface area contributed by atoms with Crippen LogP contribution in [0, 0.1) is 0 Å². The minimum Gasteiger partial charge on any atom is -0.234 e. The maximum atomic E-state index is 4.41. The van der Waals surface area contributed by atoms with Crippen molar-refractivity contribution in [3.63, 3.8) is 0 Å². The Morgan fingerprint density at radius 3 is 2.78 bits per heavy atom. The van der Waals surface area contributed by atoms with Crippen LogP contribution >= 0.6 is 11.3 Å². The molecule has 1 aliphatic rings. The summed E-state index contributed by atoms with van der Waals surface area (Å²) in [6.45, 7) is 0. The molecular formula is C15H8N2S. The van der Waals surface area contributed by atoms with E-state index in [1.54, 1.807) is 17.7 Å². The smallest absolute Gasteiger partial charge is 0.126 e. The fraction of sp³-hybridized carbons (Fsp3) is 0. The van der Waals surface area contributed by atoms with Crippen LogP contribution in [-0.4, -0.2) is 12.2 Å². The van der Waals surface area contributed by atoms with Gasteiger partial charge in [0, 0.05) is 16.2 Å². The van der Waals surface area contributed by atoms with E-state index in [1.807, 2.05) is 6.08 Å². The summed E-state index contributed by atoms with van der Waals surface area (Å²) in [5.74, 6) is 2.87. The quantitative estimate of drug-likeness (QED) is 0.563. The number of benzene rings is 2. The largest absolute Gasteiger partial charge is 0.234 e. The van der Waals surface area contributed by atoms with Gasteiger partial charge in [0.15, 0.2) is 0 Å². The first-order chi connectivity index (χ1) is 8.92. The third kappa shape index (κ3) is 1.35. The van der Waals surface area contributed by atoms with Crippen LogP contribution in [0.2, 0.25) is 0 Å². The fourth-order valence-corrected chi connectivity index (χ4v) is 3.29. The standard InChI is InChI=1S/C15H8N2S/c1-2-4-11-8-14-12(7-10(11)3-1)15-13(18-14)5-6-16-9-17-15/h1-5,7-9H. The first-order valence-electron chi connectivity index (χ1n) is 5.68. The monoisotopic (exact) mass is 248 g/mol. The number of hydrogen-bond donors (Lipinski definition) is 0. The minimum absolute atomic E-state index is 1.01. The summed E-state index contributed by atoms with van der Waals surface area (Å²) in [5, 5.41) is 3.71. The van der Waals surface area contributed by atoms with Gasteiger partial charge in [-0.15, -0.1) is 11.3 Å².